The number of aryl methyl sites for hydroxylation is 1. The van der Waals surface area contributed by atoms with E-state index in [4.69, 9.17) is 9.47 Å². The van der Waals surface area contributed by atoms with Crippen molar-refractivity contribution in [1.82, 2.24) is 29.2 Å². The van der Waals surface area contributed by atoms with Crippen molar-refractivity contribution in [2.24, 2.45) is 0 Å². The second-order valence-corrected chi connectivity index (χ2v) is 12.7. The van der Waals surface area contributed by atoms with Crippen molar-refractivity contribution >= 4 is 22.6 Å². The molecule has 1 amide bonds. The van der Waals surface area contributed by atoms with Gasteiger partial charge in [0.2, 0.25) is 0 Å². The van der Waals surface area contributed by atoms with Gasteiger partial charge in [-0.2, -0.15) is 5.26 Å². The number of fused-ring (bicyclic) bond motifs is 1. The van der Waals surface area contributed by atoms with Gasteiger partial charge in [-0.05, 0) is 68.3 Å². The summed E-state index contributed by atoms with van der Waals surface area (Å²) >= 11 is 0. The van der Waals surface area contributed by atoms with Crippen LogP contribution in [-0.2, 0) is 17.8 Å². The molecule has 2 aliphatic heterocycles. The molecule has 0 saturated carbocycles. The summed E-state index contributed by atoms with van der Waals surface area (Å²) in [4.78, 5) is 27.3. The van der Waals surface area contributed by atoms with Crippen molar-refractivity contribution < 1.29 is 18.7 Å². The second kappa shape index (κ2) is 14.0. The Morgan fingerprint density at radius 2 is 1.98 bits per heavy atom. The molecule has 1 unspecified atom stereocenters. The van der Waals surface area contributed by atoms with Crippen molar-refractivity contribution in [3.63, 3.8) is 0 Å². The minimum atomic E-state index is -0.518. The van der Waals surface area contributed by atoms with Crippen LogP contribution in [0, 0.1) is 24.1 Å². The molecule has 0 spiro atoms. The third kappa shape index (κ3) is 7.22. The van der Waals surface area contributed by atoms with Gasteiger partial charge in [0.1, 0.15) is 29.7 Å². The molecular formula is C35H41FN8O3. The number of amides is 1. The first-order valence-electron chi connectivity index (χ1n) is 16.0. The number of aromatic nitrogens is 3. The van der Waals surface area contributed by atoms with E-state index in [0.29, 0.717) is 30.4 Å². The predicted molar refractivity (Wildman–Crippen MR) is 177 cm³/mol. The Hall–Kier alpha value is -4.57. The number of piperidine rings is 1. The Balaban J connectivity index is 1.10. The molecule has 1 N–H and O–H groups in total. The molecule has 11 nitrogen and oxygen atoms in total. The molecule has 0 aliphatic carbocycles. The van der Waals surface area contributed by atoms with Crippen LogP contribution in [0.15, 0.2) is 48.9 Å². The van der Waals surface area contributed by atoms with Crippen molar-refractivity contribution in [3.8, 4) is 17.6 Å². The number of carbonyl (C=O) groups excluding carboxylic acids is 1. The van der Waals surface area contributed by atoms with Crippen LogP contribution < -0.4 is 10.1 Å². The van der Waals surface area contributed by atoms with E-state index in [1.807, 2.05) is 6.07 Å². The van der Waals surface area contributed by atoms with Crippen LogP contribution in [0.5, 0.6) is 11.5 Å². The summed E-state index contributed by atoms with van der Waals surface area (Å²) in [5.41, 5.74) is 4.32. The summed E-state index contributed by atoms with van der Waals surface area (Å²) < 4.78 is 28.2. The van der Waals surface area contributed by atoms with E-state index < -0.39 is 5.82 Å². The smallest absolute Gasteiger partial charge is 0.257 e. The van der Waals surface area contributed by atoms with E-state index in [-0.39, 0.29) is 29.4 Å². The number of benzene rings is 2. The molecular weight excluding hydrogens is 599 g/mol. The Morgan fingerprint density at radius 1 is 1.17 bits per heavy atom. The fourth-order valence-corrected chi connectivity index (χ4v) is 6.45. The Bertz CT molecular complexity index is 1790. The molecule has 2 aromatic carbocycles. The average Bonchev–Trinajstić information content (AvgIpc) is 3.42. The van der Waals surface area contributed by atoms with Crippen LogP contribution in [0.2, 0.25) is 0 Å². The maximum absolute atomic E-state index is 14.0. The van der Waals surface area contributed by atoms with Crippen LogP contribution in [0.25, 0.3) is 10.9 Å². The van der Waals surface area contributed by atoms with Crippen LogP contribution in [0.3, 0.4) is 0 Å². The van der Waals surface area contributed by atoms with Gasteiger partial charge >= 0.3 is 0 Å². The maximum Gasteiger partial charge on any atom is 0.257 e. The highest BCUT2D eigenvalue weighted by atomic mass is 19.1. The molecule has 2 aromatic heterocycles. The number of ether oxygens (including phenoxy) is 2. The topological polar surface area (TPSA) is 112 Å². The summed E-state index contributed by atoms with van der Waals surface area (Å²) in [6.45, 7) is 7.92. The fraction of sp³-hybridized carbons (Fsp3) is 0.429. The lowest BCUT2D eigenvalue weighted by Crippen LogP contribution is -2.42. The number of carbonyl (C=O) groups is 1. The summed E-state index contributed by atoms with van der Waals surface area (Å²) in [6, 6.07) is 12.8. The molecule has 4 aromatic rings. The number of rotatable bonds is 9. The lowest BCUT2D eigenvalue weighted by molar-refractivity contribution is -0.0269. The van der Waals surface area contributed by atoms with Crippen LogP contribution in [0.1, 0.15) is 40.0 Å². The number of nitrogens with one attached hydrogen (secondary N) is 1. The highest BCUT2D eigenvalue weighted by molar-refractivity contribution is 5.96. The lowest BCUT2D eigenvalue weighted by Gasteiger charge is -2.33. The molecule has 6 rings (SSSR count). The van der Waals surface area contributed by atoms with E-state index in [1.165, 1.54) is 40.6 Å². The standard InChI is InChI=1S/C35H41FN8O3/c1-23-24(5-7-31-29(23)16-27(17-37)44(31)21-28-20-42(4)13-14-46-28)19-43-11-9-26(10-12-43)40-34-33(18-38-22-39-34)47-32-8-6-25(36)15-30(32)35(45)41(2)3/h5-8,15-16,18,22,26,28H,9-14,19-21H2,1-4H3,(H,38,39,40). The van der Waals surface area contributed by atoms with Crippen LogP contribution in [0.4, 0.5) is 10.2 Å². The minimum Gasteiger partial charge on any atom is -0.451 e. The maximum atomic E-state index is 14.0. The average molecular weight is 641 g/mol. The van der Waals surface area contributed by atoms with Gasteiger partial charge in [-0.3, -0.25) is 9.69 Å². The molecule has 1 atom stereocenters. The molecule has 12 heteroatoms. The van der Waals surface area contributed by atoms with E-state index in [9.17, 15) is 14.4 Å². The highest BCUT2D eigenvalue weighted by Gasteiger charge is 2.25. The molecule has 0 radical (unpaired) electrons. The van der Waals surface area contributed by atoms with Crippen molar-refractivity contribution in [1.29, 1.82) is 5.26 Å². The molecule has 2 saturated heterocycles. The zero-order valence-electron chi connectivity index (χ0n) is 27.4. The van der Waals surface area contributed by atoms with E-state index >= 15 is 0 Å². The fourth-order valence-electron chi connectivity index (χ4n) is 6.45. The quantitative estimate of drug-likeness (QED) is 0.280. The third-order valence-electron chi connectivity index (χ3n) is 9.11. The first-order valence-corrected chi connectivity index (χ1v) is 16.0. The monoisotopic (exact) mass is 640 g/mol. The van der Waals surface area contributed by atoms with Gasteiger partial charge in [-0.15, -0.1) is 0 Å². The largest absolute Gasteiger partial charge is 0.451 e. The van der Waals surface area contributed by atoms with E-state index in [2.05, 4.69) is 61.8 Å². The lowest BCUT2D eigenvalue weighted by atomic mass is 10.0. The van der Waals surface area contributed by atoms with Gasteiger partial charge in [0, 0.05) is 63.8 Å². The Morgan fingerprint density at radius 3 is 2.72 bits per heavy atom. The minimum absolute atomic E-state index is 0.0592. The highest BCUT2D eigenvalue weighted by Crippen LogP contribution is 2.32. The third-order valence-corrected chi connectivity index (χ3v) is 9.11. The number of anilines is 1. The van der Waals surface area contributed by atoms with Crippen molar-refractivity contribution in [3.05, 3.63) is 77.1 Å². The van der Waals surface area contributed by atoms with Gasteiger partial charge in [-0.1, -0.05) is 6.07 Å². The number of likely N-dealkylation sites (N-methyl/N-ethyl adjacent to an activating group) is 1. The number of halogens is 1. The number of likely N-dealkylation sites (tertiary alicyclic amines) is 1. The molecule has 47 heavy (non-hydrogen) atoms. The zero-order chi connectivity index (χ0) is 33.1. The van der Waals surface area contributed by atoms with Crippen LogP contribution >= 0.6 is 0 Å². The predicted octanol–water partition coefficient (Wildman–Crippen LogP) is 4.65. The van der Waals surface area contributed by atoms with Gasteiger partial charge in [0.15, 0.2) is 11.6 Å². The summed E-state index contributed by atoms with van der Waals surface area (Å²) in [6.07, 6.45) is 4.85. The molecule has 246 valence electrons. The molecule has 0 bridgehead atoms. The molecule has 2 aliphatic rings. The van der Waals surface area contributed by atoms with Crippen LogP contribution in [-0.4, -0.2) is 101 Å². The normalized spacial score (nSPS) is 17.8. The molecule has 4 heterocycles. The Labute approximate surface area is 274 Å². The van der Waals surface area contributed by atoms with Gasteiger partial charge in [0.25, 0.3) is 5.91 Å². The summed E-state index contributed by atoms with van der Waals surface area (Å²) in [7, 11) is 5.32. The number of hydrogen-bond acceptors (Lipinski definition) is 9. The number of hydrogen-bond donors (Lipinski definition) is 1. The molecule has 2 fully saturated rings. The Kier molecular flexibility index (Phi) is 9.68. The van der Waals surface area contributed by atoms with Crippen molar-refractivity contribution in [2.45, 2.75) is 45.0 Å². The number of nitriles is 1. The first kappa shape index (κ1) is 32.4. The van der Waals surface area contributed by atoms with Gasteiger partial charge < -0.3 is 29.2 Å². The zero-order valence-corrected chi connectivity index (χ0v) is 27.4. The van der Waals surface area contributed by atoms with Crippen molar-refractivity contribution in [2.75, 3.05) is 59.2 Å². The summed E-state index contributed by atoms with van der Waals surface area (Å²) in [5, 5.41) is 14.6. The van der Waals surface area contributed by atoms with E-state index in [0.717, 1.165) is 56.5 Å². The summed E-state index contributed by atoms with van der Waals surface area (Å²) in [5.74, 6) is 0.241. The van der Waals surface area contributed by atoms with Gasteiger partial charge in [0.05, 0.1) is 31.0 Å². The number of nitrogens with zero attached hydrogens (tertiary/aromatic N) is 7. The second-order valence-electron chi connectivity index (χ2n) is 12.7. The van der Waals surface area contributed by atoms with E-state index in [1.54, 1.807) is 20.3 Å². The SMILES string of the molecule is Cc1c(CN2CCC(Nc3ncncc3Oc3ccc(F)cc3C(=O)N(C)C)CC2)ccc2c1cc(C#N)n2CC1CN(C)CCO1. The number of morpholine rings is 1. The first-order chi connectivity index (χ1) is 22.7. The van der Waals surface area contributed by atoms with Gasteiger partial charge in [-0.25, -0.2) is 14.4 Å².